The van der Waals surface area contributed by atoms with Gasteiger partial charge in [-0.2, -0.15) is 0 Å². The van der Waals surface area contributed by atoms with Crippen LogP contribution in [0.1, 0.15) is 33.6 Å². The Morgan fingerprint density at radius 1 is 1.11 bits per heavy atom. The summed E-state index contributed by atoms with van der Waals surface area (Å²) >= 11 is 0. The summed E-state index contributed by atoms with van der Waals surface area (Å²) in [7, 11) is 0. The predicted molar refractivity (Wildman–Crippen MR) is 141 cm³/mol. The molecule has 2 amide bonds. The van der Waals surface area contributed by atoms with Gasteiger partial charge in [0.1, 0.15) is 12.4 Å². The van der Waals surface area contributed by atoms with Crippen LogP contribution in [0.4, 0.5) is 10.6 Å². The number of hydrogen-bond donors (Lipinski definition) is 2. The summed E-state index contributed by atoms with van der Waals surface area (Å²) in [6.07, 6.45) is 3.01. The van der Waals surface area contributed by atoms with Crippen molar-refractivity contribution in [2.75, 3.05) is 25.0 Å². The SMILES string of the molecule is CC(C)(C)C1CC(N(CC(=O)Nc2ccccn2)C(=O)O)CCN1CCn1c(=O)cnc2ccccc21. The normalized spacial score (nSPS) is 18.5. The molecule has 196 valence electrons. The minimum Gasteiger partial charge on any atom is -0.465 e. The van der Waals surface area contributed by atoms with Crippen LogP contribution >= 0.6 is 0 Å². The van der Waals surface area contributed by atoms with E-state index < -0.39 is 12.0 Å². The number of amides is 2. The van der Waals surface area contributed by atoms with Gasteiger partial charge >= 0.3 is 6.09 Å². The number of rotatable bonds is 7. The zero-order chi connectivity index (χ0) is 26.6. The number of nitrogens with one attached hydrogen (secondary N) is 1. The van der Waals surface area contributed by atoms with Crippen molar-refractivity contribution in [3.05, 3.63) is 65.2 Å². The number of likely N-dealkylation sites (tertiary alicyclic amines) is 1. The molecule has 0 radical (unpaired) electrons. The van der Waals surface area contributed by atoms with Gasteiger partial charge < -0.3 is 15.0 Å². The van der Waals surface area contributed by atoms with E-state index in [1.165, 1.54) is 11.1 Å². The summed E-state index contributed by atoms with van der Waals surface area (Å²) in [5.41, 5.74) is 1.30. The highest BCUT2D eigenvalue weighted by Crippen LogP contribution is 2.34. The standard InChI is InChI=1S/C27H34N6O4/c1-27(2,3)22-16-19(33(26(36)37)18-24(34)30-23-10-6-7-12-28-23)11-13-31(22)14-15-32-21-9-5-4-8-20(21)29-17-25(32)35/h4-10,12,17,19,22H,11,13-16,18H2,1-3H3,(H,36,37)(H,28,30,34). The minimum absolute atomic E-state index is 0.0655. The number of aromatic nitrogens is 3. The molecule has 4 rings (SSSR count). The molecule has 1 fully saturated rings. The monoisotopic (exact) mass is 506 g/mol. The number of fused-ring (bicyclic) bond motifs is 1. The fourth-order valence-corrected chi connectivity index (χ4v) is 5.15. The molecule has 0 spiro atoms. The molecule has 0 saturated carbocycles. The number of para-hydroxylation sites is 2. The quantitative estimate of drug-likeness (QED) is 0.504. The van der Waals surface area contributed by atoms with Crippen molar-refractivity contribution in [3.8, 4) is 0 Å². The van der Waals surface area contributed by atoms with Gasteiger partial charge in [-0.3, -0.25) is 19.4 Å². The first-order valence-electron chi connectivity index (χ1n) is 12.5. The van der Waals surface area contributed by atoms with Gasteiger partial charge in [-0.05, 0) is 42.5 Å². The number of carbonyl (C=O) groups excluding carboxylic acids is 1. The zero-order valence-electron chi connectivity index (χ0n) is 21.5. The smallest absolute Gasteiger partial charge is 0.408 e. The molecular formula is C27H34N6O4. The Hall–Kier alpha value is -3.79. The Labute approximate surface area is 215 Å². The van der Waals surface area contributed by atoms with E-state index in [1.807, 2.05) is 24.3 Å². The minimum atomic E-state index is -1.11. The average molecular weight is 507 g/mol. The number of benzene rings is 1. The highest BCUT2D eigenvalue weighted by atomic mass is 16.4. The van der Waals surface area contributed by atoms with Gasteiger partial charge in [0.05, 0.1) is 17.2 Å². The summed E-state index contributed by atoms with van der Waals surface area (Å²) in [6, 6.07) is 12.5. The molecule has 0 aliphatic carbocycles. The number of carboxylic acid groups (broad SMARTS) is 1. The third kappa shape index (κ3) is 6.32. The van der Waals surface area contributed by atoms with Crippen LogP contribution in [0.2, 0.25) is 0 Å². The van der Waals surface area contributed by atoms with Crippen LogP contribution in [0.5, 0.6) is 0 Å². The van der Waals surface area contributed by atoms with Crippen LogP contribution in [0.15, 0.2) is 59.7 Å². The Balaban J connectivity index is 1.47. The third-order valence-corrected chi connectivity index (χ3v) is 6.98. The Morgan fingerprint density at radius 3 is 2.57 bits per heavy atom. The number of piperidine rings is 1. The van der Waals surface area contributed by atoms with E-state index >= 15 is 0 Å². The molecule has 3 heterocycles. The second-order valence-electron chi connectivity index (χ2n) is 10.5. The number of hydrogen-bond acceptors (Lipinski definition) is 6. The van der Waals surface area contributed by atoms with Gasteiger partial charge in [0.25, 0.3) is 5.56 Å². The zero-order valence-corrected chi connectivity index (χ0v) is 21.5. The molecule has 2 aromatic heterocycles. The van der Waals surface area contributed by atoms with Crippen molar-refractivity contribution < 1.29 is 14.7 Å². The van der Waals surface area contributed by atoms with E-state index in [4.69, 9.17) is 0 Å². The van der Waals surface area contributed by atoms with Gasteiger partial charge in [0.15, 0.2) is 0 Å². The Morgan fingerprint density at radius 2 is 1.86 bits per heavy atom. The highest BCUT2D eigenvalue weighted by molar-refractivity contribution is 5.93. The molecule has 1 saturated heterocycles. The first-order valence-corrected chi connectivity index (χ1v) is 12.5. The van der Waals surface area contributed by atoms with Crippen molar-refractivity contribution in [3.63, 3.8) is 0 Å². The van der Waals surface area contributed by atoms with Crippen molar-refractivity contribution in [1.82, 2.24) is 24.3 Å². The maximum Gasteiger partial charge on any atom is 0.408 e. The summed E-state index contributed by atoms with van der Waals surface area (Å²) < 4.78 is 1.75. The van der Waals surface area contributed by atoms with Crippen LogP contribution in [0.25, 0.3) is 11.0 Å². The number of nitrogens with zero attached hydrogens (tertiary/aromatic N) is 5. The Bertz CT molecular complexity index is 1300. The van der Waals surface area contributed by atoms with E-state index in [2.05, 4.69) is 41.0 Å². The molecule has 2 unspecified atom stereocenters. The van der Waals surface area contributed by atoms with Crippen molar-refractivity contribution in [2.24, 2.45) is 5.41 Å². The lowest BCUT2D eigenvalue weighted by Gasteiger charge is -2.48. The van der Waals surface area contributed by atoms with E-state index in [1.54, 1.807) is 29.0 Å². The maximum absolute atomic E-state index is 12.6. The molecule has 0 bridgehead atoms. The second kappa shape index (κ2) is 11.1. The molecule has 1 aliphatic rings. The first kappa shape index (κ1) is 26.3. The lowest BCUT2D eigenvalue weighted by Crippen LogP contribution is -2.57. The summed E-state index contributed by atoms with van der Waals surface area (Å²) in [5, 5.41) is 12.6. The van der Waals surface area contributed by atoms with Crippen LogP contribution in [-0.2, 0) is 11.3 Å². The molecule has 37 heavy (non-hydrogen) atoms. The topological polar surface area (TPSA) is 121 Å². The van der Waals surface area contributed by atoms with Gasteiger partial charge in [-0.1, -0.05) is 39.0 Å². The molecule has 10 heteroatoms. The largest absolute Gasteiger partial charge is 0.465 e. The fourth-order valence-electron chi connectivity index (χ4n) is 5.15. The van der Waals surface area contributed by atoms with Crippen LogP contribution < -0.4 is 10.9 Å². The molecule has 2 atom stereocenters. The maximum atomic E-state index is 12.6. The van der Waals surface area contributed by atoms with E-state index in [9.17, 15) is 19.5 Å². The van der Waals surface area contributed by atoms with Crippen LogP contribution in [0, 0.1) is 5.41 Å². The van der Waals surface area contributed by atoms with Crippen LogP contribution in [-0.4, -0.2) is 73.2 Å². The lowest BCUT2D eigenvalue weighted by molar-refractivity contribution is -0.118. The molecule has 1 aliphatic heterocycles. The molecular weight excluding hydrogens is 472 g/mol. The average Bonchev–Trinajstić information content (AvgIpc) is 2.86. The Kier molecular flexibility index (Phi) is 7.87. The first-order chi connectivity index (χ1) is 17.6. The summed E-state index contributed by atoms with van der Waals surface area (Å²) in [5.74, 6) is -0.0288. The molecule has 1 aromatic carbocycles. The summed E-state index contributed by atoms with van der Waals surface area (Å²) in [4.78, 5) is 49.3. The molecule has 2 N–H and O–H groups in total. The molecule has 3 aromatic rings. The predicted octanol–water partition coefficient (Wildman–Crippen LogP) is 3.29. The third-order valence-electron chi connectivity index (χ3n) is 6.98. The lowest BCUT2D eigenvalue weighted by atomic mass is 9.78. The number of anilines is 1. The van der Waals surface area contributed by atoms with Crippen molar-refractivity contribution in [2.45, 2.75) is 52.2 Å². The van der Waals surface area contributed by atoms with Gasteiger partial charge in [-0.15, -0.1) is 0 Å². The second-order valence-corrected chi connectivity index (χ2v) is 10.5. The van der Waals surface area contributed by atoms with Crippen molar-refractivity contribution >= 4 is 28.9 Å². The van der Waals surface area contributed by atoms with Crippen molar-refractivity contribution in [1.29, 1.82) is 0 Å². The number of carbonyl (C=O) groups is 2. The van der Waals surface area contributed by atoms with E-state index in [0.717, 1.165) is 11.0 Å². The van der Waals surface area contributed by atoms with E-state index in [-0.39, 0.29) is 29.6 Å². The molecule has 10 nitrogen and oxygen atoms in total. The summed E-state index contributed by atoms with van der Waals surface area (Å²) in [6.45, 7) is 7.98. The highest BCUT2D eigenvalue weighted by Gasteiger charge is 2.39. The van der Waals surface area contributed by atoms with Crippen LogP contribution in [0.3, 0.4) is 0 Å². The van der Waals surface area contributed by atoms with Gasteiger partial charge in [-0.25, -0.2) is 14.8 Å². The number of pyridine rings is 1. The van der Waals surface area contributed by atoms with Gasteiger partial charge in [0.2, 0.25) is 5.91 Å². The fraction of sp³-hybridized carbons (Fsp3) is 0.444. The van der Waals surface area contributed by atoms with Gasteiger partial charge in [0, 0.05) is 37.9 Å². The van der Waals surface area contributed by atoms with E-state index in [0.29, 0.717) is 38.3 Å².